The fourth-order valence-corrected chi connectivity index (χ4v) is 2.83. The Hall–Kier alpha value is -1.13. The molecule has 0 amide bonds. The van der Waals surface area contributed by atoms with E-state index in [1.807, 2.05) is 13.2 Å². The molecule has 1 aliphatic carbocycles. The number of anilines is 1. The Balaban J connectivity index is 1.54. The summed E-state index contributed by atoms with van der Waals surface area (Å²) < 4.78 is 0. The molecule has 1 atom stereocenters. The molecule has 2 aliphatic rings. The summed E-state index contributed by atoms with van der Waals surface area (Å²) >= 11 is 0. The van der Waals surface area contributed by atoms with Gasteiger partial charge < -0.3 is 10.2 Å². The van der Waals surface area contributed by atoms with Gasteiger partial charge in [-0.25, -0.2) is 4.98 Å². The van der Waals surface area contributed by atoms with Gasteiger partial charge in [0.25, 0.3) is 0 Å². The molecule has 1 aliphatic heterocycles. The van der Waals surface area contributed by atoms with Crippen molar-refractivity contribution in [3.63, 3.8) is 0 Å². The van der Waals surface area contributed by atoms with Crippen LogP contribution in [0, 0.1) is 5.92 Å². The van der Waals surface area contributed by atoms with Gasteiger partial charge in [-0.2, -0.15) is 0 Å². The molecule has 0 bridgehead atoms. The van der Waals surface area contributed by atoms with E-state index >= 15 is 0 Å². The monoisotopic (exact) mass is 274 g/mol. The van der Waals surface area contributed by atoms with Crippen LogP contribution >= 0.6 is 0 Å². The summed E-state index contributed by atoms with van der Waals surface area (Å²) in [6, 6.07) is 4.73. The van der Waals surface area contributed by atoms with Gasteiger partial charge in [0, 0.05) is 45.0 Å². The highest BCUT2D eigenvalue weighted by atomic mass is 15.3. The number of nitrogens with zero attached hydrogens (tertiary/aromatic N) is 3. The Kier molecular flexibility index (Phi) is 4.22. The summed E-state index contributed by atoms with van der Waals surface area (Å²) in [5, 5.41) is 3.25. The summed E-state index contributed by atoms with van der Waals surface area (Å²) in [4.78, 5) is 9.67. The zero-order chi connectivity index (χ0) is 13.9. The maximum atomic E-state index is 4.64. The fourth-order valence-electron chi connectivity index (χ4n) is 2.83. The zero-order valence-electron chi connectivity index (χ0n) is 12.7. The smallest absolute Gasteiger partial charge is 0.128 e. The topological polar surface area (TPSA) is 31.4 Å². The van der Waals surface area contributed by atoms with Gasteiger partial charge in [0.15, 0.2) is 0 Å². The van der Waals surface area contributed by atoms with E-state index in [4.69, 9.17) is 0 Å². The Morgan fingerprint density at radius 3 is 2.55 bits per heavy atom. The lowest BCUT2D eigenvalue weighted by atomic mass is 10.1. The predicted octanol–water partition coefficient (Wildman–Crippen LogP) is 1.89. The molecule has 2 heterocycles. The normalized spacial score (nSPS) is 22.0. The molecule has 4 heteroatoms. The second-order valence-electron chi connectivity index (χ2n) is 6.19. The Morgan fingerprint density at radius 1 is 1.25 bits per heavy atom. The van der Waals surface area contributed by atoms with Crippen LogP contribution in [0.2, 0.25) is 0 Å². The molecule has 1 saturated heterocycles. The van der Waals surface area contributed by atoms with E-state index < -0.39 is 0 Å². The van der Waals surface area contributed by atoms with Crippen LogP contribution in [-0.4, -0.2) is 49.7 Å². The van der Waals surface area contributed by atoms with E-state index in [-0.39, 0.29) is 0 Å². The molecule has 1 unspecified atom stereocenters. The highest BCUT2D eigenvalue weighted by Crippen LogP contribution is 2.30. The quantitative estimate of drug-likeness (QED) is 0.888. The first-order valence-corrected chi connectivity index (χ1v) is 7.87. The average Bonchev–Trinajstić information content (AvgIpc) is 3.31. The Morgan fingerprint density at radius 2 is 2.00 bits per heavy atom. The molecule has 0 spiro atoms. The maximum Gasteiger partial charge on any atom is 0.128 e. The molecule has 3 rings (SSSR count). The summed E-state index contributed by atoms with van der Waals surface area (Å²) in [6.45, 7) is 8.08. The molecule has 0 aromatic carbocycles. The fraction of sp³-hybridized carbons (Fsp3) is 0.688. The zero-order valence-corrected chi connectivity index (χ0v) is 12.7. The minimum Gasteiger partial charge on any atom is -0.354 e. The minimum absolute atomic E-state index is 0.368. The number of nitrogens with one attached hydrogen (secondary N) is 1. The first-order chi connectivity index (χ1) is 9.76. The van der Waals surface area contributed by atoms with Crippen LogP contribution in [0.1, 0.15) is 31.4 Å². The van der Waals surface area contributed by atoms with E-state index in [1.165, 1.54) is 38.0 Å². The summed E-state index contributed by atoms with van der Waals surface area (Å²) in [5.41, 5.74) is 1.25. The molecule has 0 radical (unpaired) electrons. The van der Waals surface area contributed by atoms with Gasteiger partial charge in [0.1, 0.15) is 5.82 Å². The van der Waals surface area contributed by atoms with Gasteiger partial charge in [-0.05, 0) is 44.4 Å². The van der Waals surface area contributed by atoms with Crippen molar-refractivity contribution in [3.05, 3.63) is 23.9 Å². The van der Waals surface area contributed by atoms with Crippen molar-refractivity contribution in [1.29, 1.82) is 0 Å². The lowest BCUT2D eigenvalue weighted by molar-refractivity contribution is 0.247. The molecule has 4 nitrogen and oxygen atoms in total. The molecule has 20 heavy (non-hydrogen) atoms. The van der Waals surface area contributed by atoms with E-state index in [2.05, 4.69) is 39.2 Å². The Bertz CT molecular complexity index is 419. The van der Waals surface area contributed by atoms with Crippen molar-refractivity contribution in [2.75, 3.05) is 44.7 Å². The third kappa shape index (κ3) is 3.30. The molecular formula is C16H26N4. The lowest BCUT2D eigenvalue weighted by Gasteiger charge is -2.35. The average molecular weight is 274 g/mol. The van der Waals surface area contributed by atoms with Crippen molar-refractivity contribution < 1.29 is 0 Å². The van der Waals surface area contributed by atoms with E-state index in [0.717, 1.165) is 24.8 Å². The second kappa shape index (κ2) is 6.10. The second-order valence-corrected chi connectivity index (χ2v) is 6.19. The SMILES string of the molecule is CNC(C)c1ccc(N2CCN(CC3CC3)CC2)nc1. The van der Waals surface area contributed by atoms with E-state index in [0.29, 0.717) is 6.04 Å². The predicted molar refractivity (Wildman–Crippen MR) is 83.1 cm³/mol. The molecule has 2 fully saturated rings. The van der Waals surface area contributed by atoms with Crippen molar-refractivity contribution >= 4 is 5.82 Å². The summed E-state index contributed by atoms with van der Waals surface area (Å²) in [6.07, 6.45) is 4.91. The number of hydrogen-bond acceptors (Lipinski definition) is 4. The first kappa shape index (κ1) is 13.8. The van der Waals surface area contributed by atoms with Crippen LogP contribution in [0.5, 0.6) is 0 Å². The van der Waals surface area contributed by atoms with Gasteiger partial charge in [-0.1, -0.05) is 6.07 Å². The van der Waals surface area contributed by atoms with Crippen LogP contribution in [0.25, 0.3) is 0 Å². The van der Waals surface area contributed by atoms with Crippen molar-refractivity contribution in [2.24, 2.45) is 5.92 Å². The van der Waals surface area contributed by atoms with E-state index in [1.54, 1.807) is 0 Å². The van der Waals surface area contributed by atoms with Gasteiger partial charge in [0.2, 0.25) is 0 Å². The van der Waals surface area contributed by atoms with Crippen molar-refractivity contribution in [2.45, 2.75) is 25.8 Å². The van der Waals surface area contributed by atoms with Gasteiger partial charge in [-0.3, -0.25) is 4.90 Å². The van der Waals surface area contributed by atoms with Crippen LogP contribution in [0.15, 0.2) is 18.3 Å². The number of hydrogen-bond donors (Lipinski definition) is 1. The number of piperazine rings is 1. The molecule has 1 N–H and O–H groups in total. The van der Waals surface area contributed by atoms with Crippen molar-refractivity contribution in [1.82, 2.24) is 15.2 Å². The number of pyridine rings is 1. The molecule has 1 aromatic heterocycles. The van der Waals surface area contributed by atoms with Crippen LogP contribution in [-0.2, 0) is 0 Å². The third-order valence-electron chi connectivity index (χ3n) is 4.61. The first-order valence-electron chi connectivity index (χ1n) is 7.87. The molecule has 1 saturated carbocycles. The third-order valence-corrected chi connectivity index (χ3v) is 4.61. The minimum atomic E-state index is 0.368. The number of rotatable bonds is 5. The van der Waals surface area contributed by atoms with Crippen LogP contribution < -0.4 is 10.2 Å². The van der Waals surface area contributed by atoms with Gasteiger partial charge in [0.05, 0.1) is 0 Å². The van der Waals surface area contributed by atoms with Crippen molar-refractivity contribution in [3.8, 4) is 0 Å². The lowest BCUT2D eigenvalue weighted by Crippen LogP contribution is -2.47. The van der Waals surface area contributed by atoms with Gasteiger partial charge in [-0.15, -0.1) is 0 Å². The standard InChI is InChI=1S/C16H26N4/c1-13(17-2)15-5-6-16(18-11-15)20-9-7-19(8-10-20)12-14-3-4-14/h5-6,11,13-14,17H,3-4,7-10,12H2,1-2H3. The van der Waals surface area contributed by atoms with Gasteiger partial charge >= 0.3 is 0 Å². The number of aromatic nitrogens is 1. The summed E-state index contributed by atoms with van der Waals surface area (Å²) in [5.74, 6) is 2.13. The largest absolute Gasteiger partial charge is 0.354 e. The summed E-state index contributed by atoms with van der Waals surface area (Å²) in [7, 11) is 1.98. The maximum absolute atomic E-state index is 4.64. The van der Waals surface area contributed by atoms with Crippen LogP contribution in [0.4, 0.5) is 5.82 Å². The Labute approximate surface area is 122 Å². The van der Waals surface area contributed by atoms with Crippen LogP contribution in [0.3, 0.4) is 0 Å². The molecule has 1 aromatic rings. The molecule has 110 valence electrons. The molecular weight excluding hydrogens is 248 g/mol. The highest BCUT2D eigenvalue weighted by Gasteiger charge is 2.26. The highest BCUT2D eigenvalue weighted by molar-refractivity contribution is 5.40. The van der Waals surface area contributed by atoms with E-state index in [9.17, 15) is 0 Å².